The Morgan fingerprint density at radius 2 is 1.57 bits per heavy atom. The minimum absolute atomic E-state index is 0. The second-order valence-corrected chi connectivity index (χ2v) is 4.69. The van der Waals surface area contributed by atoms with Crippen molar-refractivity contribution < 1.29 is 5.11 Å². The number of hydrogen-bond donors (Lipinski definition) is 2. The molecule has 0 heterocycles. The highest BCUT2D eigenvalue weighted by Crippen LogP contribution is 2.15. The third kappa shape index (κ3) is 5.61. The van der Waals surface area contributed by atoms with Gasteiger partial charge in [-0.25, -0.2) is 0 Å². The second kappa shape index (κ2) is 9.20. The normalized spacial score (nSPS) is 12.5. The average Bonchev–Trinajstić information content (AvgIpc) is 2.52. The summed E-state index contributed by atoms with van der Waals surface area (Å²) in [6.45, 7) is 2.52. The van der Waals surface area contributed by atoms with Crippen LogP contribution in [0.15, 0.2) is 60.7 Å². The van der Waals surface area contributed by atoms with Crippen LogP contribution < -0.4 is 5.32 Å². The molecule has 2 aromatic carbocycles. The minimum atomic E-state index is -0.519. The number of aliphatic hydroxyl groups is 1. The van der Waals surface area contributed by atoms with E-state index in [4.69, 9.17) is 0 Å². The van der Waals surface area contributed by atoms with E-state index in [-0.39, 0.29) is 18.4 Å². The van der Waals surface area contributed by atoms with Gasteiger partial charge in [-0.05, 0) is 24.6 Å². The van der Waals surface area contributed by atoms with Crippen molar-refractivity contribution >= 4 is 12.4 Å². The summed E-state index contributed by atoms with van der Waals surface area (Å²) < 4.78 is 0. The summed E-state index contributed by atoms with van der Waals surface area (Å²) in [5, 5.41) is 13.4. The second-order valence-electron chi connectivity index (χ2n) is 4.69. The molecule has 0 saturated heterocycles. The first-order valence-electron chi connectivity index (χ1n) is 6.77. The third-order valence-electron chi connectivity index (χ3n) is 3.13. The Hall–Kier alpha value is -1.79. The highest BCUT2D eigenvalue weighted by Gasteiger charge is 2.14. The van der Waals surface area contributed by atoms with E-state index in [0.717, 1.165) is 11.1 Å². The standard InChI is InChI=1S/C18H19NO.ClH/c1-15(18(20)17-12-6-3-7-13-17)19-14-8-11-16-9-4-2-5-10-16;/h2-7,9-10,12-13,15,18-20H,14H2,1H3;1H. The maximum atomic E-state index is 10.2. The molecule has 2 rings (SSSR count). The summed E-state index contributed by atoms with van der Waals surface area (Å²) in [6.07, 6.45) is -0.519. The first kappa shape index (κ1) is 17.3. The molecule has 0 saturated carbocycles. The molecule has 2 nitrogen and oxygen atoms in total. The average molecular weight is 302 g/mol. The van der Waals surface area contributed by atoms with Gasteiger partial charge in [0, 0.05) is 11.6 Å². The lowest BCUT2D eigenvalue weighted by molar-refractivity contribution is 0.138. The van der Waals surface area contributed by atoms with Crippen molar-refractivity contribution in [2.45, 2.75) is 19.1 Å². The van der Waals surface area contributed by atoms with Gasteiger partial charge in [0.15, 0.2) is 0 Å². The van der Waals surface area contributed by atoms with Crippen LogP contribution in [-0.4, -0.2) is 17.7 Å². The molecule has 2 aromatic rings. The van der Waals surface area contributed by atoms with Crippen molar-refractivity contribution in [3.05, 3.63) is 71.8 Å². The van der Waals surface area contributed by atoms with Gasteiger partial charge < -0.3 is 10.4 Å². The molecule has 0 aliphatic carbocycles. The molecule has 0 aliphatic rings. The largest absolute Gasteiger partial charge is 0.387 e. The maximum absolute atomic E-state index is 10.2. The summed E-state index contributed by atoms with van der Waals surface area (Å²) in [4.78, 5) is 0. The summed E-state index contributed by atoms with van der Waals surface area (Å²) in [6, 6.07) is 19.5. The zero-order chi connectivity index (χ0) is 14.2. The molecule has 2 unspecified atom stereocenters. The predicted molar refractivity (Wildman–Crippen MR) is 89.4 cm³/mol. The van der Waals surface area contributed by atoms with Crippen molar-refractivity contribution in [2.24, 2.45) is 0 Å². The lowest BCUT2D eigenvalue weighted by Crippen LogP contribution is -2.32. The van der Waals surface area contributed by atoms with Gasteiger partial charge in [-0.2, -0.15) is 0 Å². The van der Waals surface area contributed by atoms with E-state index in [2.05, 4.69) is 17.2 Å². The van der Waals surface area contributed by atoms with Crippen molar-refractivity contribution in [3.8, 4) is 11.8 Å². The predicted octanol–water partition coefficient (Wildman–Crippen LogP) is 3.17. The van der Waals surface area contributed by atoms with E-state index in [0.29, 0.717) is 6.54 Å². The fraction of sp³-hybridized carbons (Fsp3) is 0.222. The van der Waals surface area contributed by atoms with Crippen LogP contribution in [0.25, 0.3) is 0 Å². The number of halogens is 1. The summed E-state index contributed by atoms with van der Waals surface area (Å²) in [5.41, 5.74) is 1.93. The highest BCUT2D eigenvalue weighted by molar-refractivity contribution is 5.85. The zero-order valence-electron chi connectivity index (χ0n) is 12.0. The van der Waals surface area contributed by atoms with Crippen molar-refractivity contribution in [1.82, 2.24) is 5.32 Å². The van der Waals surface area contributed by atoms with Gasteiger partial charge in [0.1, 0.15) is 0 Å². The van der Waals surface area contributed by atoms with Gasteiger partial charge in [0.25, 0.3) is 0 Å². The molecule has 0 bridgehead atoms. The molecular formula is C18H20ClNO. The molecular weight excluding hydrogens is 282 g/mol. The Morgan fingerprint density at radius 1 is 1.00 bits per heavy atom. The Morgan fingerprint density at radius 3 is 2.19 bits per heavy atom. The van der Waals surface area contributed by atoms with Gasteiger partial charge >= 0.3 is 0 Å². The Balaban J connectivity index is 0.00000220. The maximum Gasteiger partial charge on any atom is 0.0940 e. The van der Waals surface area contributed by atoms with Crippen LogP contribution in [0.2, 0.25) is 0 Å². The van der Waals surface area contributed by atoms with E-state index >= 15 is 0 Å². The fourth-order valence-corrected chi connectivity index (χ4v) is 1.93. The number of rotatable bonds is 4. The Bertz CT molecular complexity index is 574. The fourth-order valence-electron chi connectivity index (χ4n) is 1.93. The first-order valence-corrected chi connectivity index (χ1v) is 6.77. The lowest BCUT2D eigenvalue weighted by atomic mass is 10.0. The molecule has 2 N–H and O–H groups in total. The van der Waals surface area contributed by atoms with Crippen molar-refractivity contribution in [2.75, 3.05) is 6.54 Å². The topological polar surface area (TPSA) is 32.3 Å². The van der Waals surface area contributed by atoms with Gasteiger partial charge in [0.05, 0.1) is 12.6 Å². The third-order valence-corrected chi connectivity index (χ3v) is 3.13. The molecule has 0 fully saturated rings. The smallest absolute Gasteiger partial charge is 0.0940 e. The van der Waals surface area contributed by atoms with Gasteiger partial charge in [-0.3, -0.25) is 0 Å². The molecule has 0 amide bonds. The van der Waals surface area contributed by atoms with Crippen LogP contribution >= 0.6 is 12.4 Å². The van der Waals surface area contributed by atoms with Gasteiger partial charge in [-0.15, -0.1) is 12.4 Å². The SMILES string of the molecule is CC(NCC#Cc1ccccc1)C(O)c1ccccc1.Cl. The quantitative estimate of drug-likeness (QED) is 0.850. The summed E-state index contributed by atoms with van der Waals surface area (Å²) >= 11 is 0. The lowest BCUT2D eigenvalue weighted by Gasteiger charge is -2.19. The molecule has 0 aliphatic heterocycles. The summed E-state index contributed by atoms with van der Waals surface area (Å²) in [7, 11) is 0. The van der Waals surface area contributed by atoms with Gasteiger partial charge in [-0.1, -0.05) is 60.4 Å². The molecule has 0 spiro atoms. The monoisotopic (exact) mass is 301 g/mol. The highest BCUT2D eigenvalue weighted by atomic mass is 35.5. The number of aliphatic hydroxyl groups excluding tert-OH is 1. The van der Waals surface area contributed by atoms with E-state index in [1.807, 2.05) is 67.6 Å². The van der Waals surface area contributed by atoms with Crippen LogP contribution in [0.1, 0.15) is 24.2 Å². The van der Waals surface area contributed by atoms with E-state index in [1.165, 1.54) is 0 Å². The van der Waals surface area contributed by atoms with Crippen LogP contribution in [0.3, 0.4) is 0 Å². The Labute approximate surface area is 132 Å². The number of hydrogen-bond acceptors (Lipinski definition) is 2. The molecule has 3 heteroatoms. The van der Waals surface area contributed by atoms with Crippen LogP contribution in [0.5, 0.6) is 0 Å². The molecule has 110 valence electrons. The minimum Gasteiger partial charge on any atom is -0.387 e. The summed E-state index contributed by atoms with van der Waals surface area (Å²) in [5.74, 6) is 6.15. The molecule has 2 atom stereocenters. The molecule has 21 heavy (non-hydrogen) atoms. The number of nitrogens with one attached hydrogen (secondary N) is 1. The number of benzene rings is 2. The van der Waals surface area contributed by atoms with Gasteiger partial charge in [0.2, 0.25) is 0 Å². The molecule has 0 radical (unpaired) electrons. The zero-order valence-corrected chi connectivity index (χ0v) is 12.8. The van der Waals surface area contributed by atoms with E-state index in [9.17, 15) is 5.11 Å². The van der Waals surface area contributed by atoms with E-state index < -0.39 is 6.10 Å². The Kier molecular flexibility index (Phi) is 7.56. The van der Waals surface area contributed by atoms with Crippen LogP contribution in [0, 0.1) is 11.8 Å². The van der Waals surface area contributed by atoms with Crippen LogP contribution in [-0.2, 0) is 0 Å². The van der Waals surface area contributed by atoms with Crippen molar-refractivity contribution in [3.63, 3.8) is 0 Å². The van der Waals surface area contributed by atoms with Crippen molar-refractivity contribution in [1.29, 1.82) is 0 Å². The first-order chi connectivity index (χ1) is 9.77. The van der Waals surface area contributed by atoms with Crippen LogP contribution in [0.4, 0.5) is 0 Å². The van der Waals surface area contributed by atoms with E-state index in [1.54, 1.807) is 0 Å². The molecule has 0 aromatic heterocycles.